The zero-order valence-electron chi connectivity index (χ0n) is 14.7. The van der Waals surface area contributed by atoms with Crippen LogP contribution in [0.25, 0.3) is 0 Å². The zero-order chi connectivity index (χ0) is 17.1. The second kappa shape index (κ2) is 7.08. The molecule has 0 aromatic heterocycles. The van der Waals surface area contributed by atoms with Gasteiger partial charge in [0.15, 0.2) is 0 Å². The molecule has 2 aromatic carbocycles. The highest BCUT2D eigenvalue weighted by Crippen LogP contribution is 2.34. The van der Waals surface area contributed by atoms with E-state index < -0.39 is 0 Å². The fourth-order valence-electron chi connectivity index (χ4n) is 3.57. The fourth-order valence-corrected chi connectivity index (χ4v) is 3.57. The molecule has 2 aromatic rings. The number of hydrogen-bond acceptors (Lipinski definition) is 2. The molecule has 1 heterocycles. The predicted molar refractivity (Wildman–Crippen MR) is 96.5 cm³/mol. The Balaban J connectivity index is 1.83. The minimum atomic E-state index is 0.137. The van der Waals surface area contributed by atoms with Crippen molar-refractivity contribution in [3.8, 4) is 5.75 Å². The minimum absolute atomic E-state index is 0.137. The van der Waals surface area contributed by atoms with E-state index in [1.165, 1.54) is 5.56 Å². The molecule has 1 aliphatic heterocycles. The Morgan fingerprint density at radius 3 is 2.42 bits per heavy atom. The highest BCUT2D eigenvalue weighted by atomic mass is 16.5. The summed E-state index contributed by atoms with van der Waals surface area (Å²) in [6.45, 7) is 7.55. The molecule has 0 spiro atoms. The summed E-state index contributed by atoms with van der Waals surface area (Å²) in [5.74, 6) is 1.02. The summed E-state index contributed by atoms with van der Waals surface area (Å²) in [6, 6.07) is 14.4. The molecule has 0 bridgehead atoms. The maximum atomic E-state index is 13.0. The molecule has 0 radical (unpaired) electrons. The Labute approximate surface area is 144 Å². The van der Waals surface area contributed by atoms with Crippen LogP contribution in [0.3, 0.4) is 0 Å². The van der Waals surface area contributed by atoms with Gasteiger partial charge in [0.1, 0.15) is 5.75 Å². The lowest BCUT2D eigenvalue weighted by Crippen LogP contribution is -2.30. The van der Waals surface area contributed by atoms with Crippen molar-refractivity contribution in [1.29, 1.82) is 0 Å². The Morgan fingerprint density at radius 1 is 1.12 bits per heavy atom. The summed E-state index contributed by atoms with van der Waals surface area (Å²) in [4.78, 5) is 15.0. The summed E-state index contributed by atoms with van der Waals surface area (Å²) in [6.07, 6.45) is 2.07. The van der Waals surface area contributed by atoms with Crippen LogP contribution in [0, 0.1) is 13.8 Å². The van der Waals surface area contributed by atoms with E-state index in [-0.39, 0.29) is 11.9 Å². The lowest BCUT2D eigenvalue weighted by molar-refractivity contribution is 0.0735. The van der Waals surface area contributed by atoms with Gasteiger partial charge in [-0.05, 0) is 63.4 Å². The van der Waals surface area contributed by atoms with Crippen LogP contribution in [0.5, 0.6) is 5.75 Å². The smallest absolute Gasteiger partial charge is 0.254 e. The number of carbonyl (C=O) groups is 1. The van der Waals surface area contributed by atoms with Crippen LogP contribution < -0.4 is 4.74 Å². The molecule has 0 aliphatic carbocycles. The summed E-state index contributed by atoms with van der Waals surface area (Å²) < 4.78 is 5.51. The van der Waals surface area contributed by atoms with Gasteiger partial charge in [0.25, 0.3) is 5.91 Å². The van der Waals surface area contributed by atoms with Crippen molar-refractivity contribution in [2.45, 2.75) is 39.7 Å². The van der Waals surface area contributed by atoms with Crippen LogP contribution in [0.2, 0.25) is 0 Å². The molecule has 1 amide bonds. The number of hydrogen-bond donors (Lipinski definition) is 0. The molecular weight excluding hydrogens is 298 g/mol. The van der Waals surface area contributed by atoms with Crippen molar-refractivity contribution in [1.82, 2.24) is 4.90 Å². The van der Waals surface area contributed by atoms with Gasteiger partial charge in [0.05, 0.1) is 12.6 Å². The topological polar surface area (TPSA) is 29.5 Å². The average Bonchev–Trinajstić information content (AvgIpc) is 3.04. The van der Waals surface area contributed by atoms with Gasteiger partial charge < -0.3 is 9.64 Å². The molecule has 1 atom stereocenters. The van der Waals surface area contributed by atoms with Crippen LogP contribution >= 0.6 is 0 Å². The molecule has 1 saturated heterocycles. The van der Waals surface area contributed by atoms with E-state index in [2.05, 4.69) is 18.2 Å². The number of nitrogens with zero attached hydrogens (tertiary/aromatic N) is 1. The Morgan fingerprint density at radius 2 is 1.79 bits per heavy atom. The highest BCUT2D eigenvalue weighted by Gasteiger charge is 2.30. The second-order valence-corrected chi connectivity index (χ2v) is 6.54. The lowest BCUT2D eigenvalue weighted by Gasteiger charge is -2.25. The normalized spacial score (nSPS) is 17.1. The van der Waals surface area contributed by atoms with Crippen molar-refractivity contribution in [3.05, 3.63) is 64.7 Å². The predicted octanol–water partition coefficient (Wildman–Crippen LogP) is 4.68. The SMILES string of the molecule is CCOc1ccc(C2CCCN2C(=O)c2cc(C)cc(C)c2)cc1. The van der Waals surface area contributed by atoms with E-state index >= 15 is 0 Å². The molecule has 1 aliphatic rings. The third-order valence-electron chi connectivity index (χ3n) is 4.56. The standard InChI is InChI=1S/C21H25NO2/c1-4-24-19-9-7-17(8-10-19)20-6-5-11-22(20)21(23)18-13-15(2)12-16(3)14-18/h7-10,12-14,20H,4-6,11H2,1-3H3. The summed E-state index contributed by atoms with van der Waals surface area (Å²) in [5.41, 5.74) is 4.25. The van der Waals surface area contributed by atoms with Gasteiger partial charge in [-0.2, -0.15) is 0 Å². The molecular formula is C21H25NO2. The molecule has 3 rings (SSSR count). The Kier molecular flexibility index (Phi) is 4.89. The quantitative estimate of drug-likeness (QED) is 0.817. The minimum Gasteiger partial charge on any atom is -0.494 e. The van der Waals surface area contributed by atoms with Gasteiger partial charge in [-0.1, -0.05) is 29.3 Å². The van der Waals surface area contributed by atoms with Crippen molar-refractivity contribution in [2.24, 2.45) is 0 Å². The van der Waals surface area contributed by atoms with E-state index in [9.17, 15) is 4.79 Å². The van der Waals surface area contributed by atoms with E-state index in [0.717, 1.165) is 41.8 Å². The van der Waals surface area contributed by atoms with E-state index in [0.29, 0.717) is 6.61 Å². The van der Waals surface area contributed by atoms with Gasteiger partial charge >= 0.3 is 0 Å². The molecule has 3 heteroatoms. The average molecular weight is 323 g/mol. The third kappa shape index (κ3) is 3.45. The largest absolute Gasteiger partial charge is 0.494 e. The first-order valence-corrected chi connectivity index (χ1v) is 8.70. The number of ether oxygens (including phenoxy) is 1. The van der Waals surface area contributed by atoms with Crippen LogP contribution in [-0.4, -0.2) is 24.0 Å². The van der Waals surface area contributed by atoms with Crippen LogP contribution in [-0.2, 0) is 0 Å². The molecule has 126 valence electrons. The van der Waals surface area contributed by atoms with Crippen molar-refractivity contribution in [2.75, 3.05) is 13.2 Å². The van der Waals surface area contributed by atoms with Gasteiger partial charge in [-0.3, -0.25) is 4.79 Å². The monoisotopic (exact) mass is 323 g/mol. The number of likely N-dealkylation sites (tertiary alicyclic amines) is 1. The first kappa shape index (κ1) is 16.6. The van der Waals surface area contributed by atoms with Gasteiger partial charge in [-0.15, -0.1) is 0 Å². The first-order valence-electron chi connectivity index (χ1n) is 8.70. The molecule has 0 N–H and O–H groups in total. The summed E-state index contributed by atoms with van der Waals surface area (Å²) in [5, 5.41) is 0. The van der Waals surface area contributed by atoms with Crippen LogP contribution in [0.4, 0.5) is 0 Å². The summed E-state index contributed by atoms with van der Waals surface area (Å²) in [7, 11) is 0. The van der Waals surface area contributed by atoms with Crippen molar-refractivity contribution >= 4 is 5.91 Å². The fraction of sp³-hybridized carbons (Fsp3) is 0.381. The molecule has 1 unspecified atom stereocenters. The maximum absolute atomic E-state index is 13.0. The van der Waals surface area contributed by atoms with E-state index in [4.69, 9.17) is 4.74 Å². The number of rotatable bonds is 4. The van der Waals surface area contributed by atoms with E-state index in [1.807, 2.05) is 49.9 Å². The number of amides is 1. The van der Waals surface area contributed by atoms with Crippen molar-refractivity contribution < 1.29 is 9.53 Å². The van der Waals surface area contributed by atoms with E-state index in [1.54, 1.807) is 0 Å². The lowest BCUT2D eigenvalue weighted by atomic mass is 10.0. The van der Waals surface area contributed by atoms with Crippen molar-refractivity contribution in [3.63, 3.8) is 0 Å². The molecule has 0 saturated carbocycles. The maximum Gasteiger partial charge on any atom is 0.254 e. The van der Waals surface area contributed by atoms with Gasteiger partial charge in [0, 0.05) is 12.1 Å². The summed E-state index contributed by atoms with van der Waals surface area (Å²) >= 11 is 0. The molecule has 1 fully saturated rings. The molecule has 24 heavy (non-hydrogen) atoms. The van der Waals surface area contributed by atoms with Gasteiger partial charge in [0.2, 0.25) is 0 Å². The van der Waals surface area contributed by atoms with Crippen LogP contribution in [0.15, 0.2) is 42.5 Å². The highest BCUT2D eigenvalue weighted by molar-refractivity contribution is 5.95. The number of benzene rings is 2. The third-order valence-corrected chi connectivity index (χ3v) is 4.56. The molecule has 3 nitrogen and oxygen atoms in total. The Bertz CT molecular complexity index is 701. The zero-order valence-corrected chi connectivity index (χ0v) is 14.7. The Hall–Kier alpha value is -2.29. The first-order chi connectivity index (χ1) is 11.6. The van der Waals surface area contributed by atoms with Crippen LogP contribution in [0.1, 0.15) is 52.9 Å². The van der Waals surface area contributed by atoms with Gasteiger partial charge in [-0.25, -0.2) is 0 Å². The second-order valence-electron chi connectivity index (χ2n) is 6.54. The number of aryl methyl sites for hydroxylation is 2. The number of carbonyl (C=O) groups excluding carboxylic acids is 1.